The van der Waals surface area contributed by atoms with Crippen LogP contribution in [0.5, 0.6) is 0 Å². The van der Waals surface area contributed by atoms with Crippen LogP contribution in [0, 0.1) is 17.1 Å². The number of anilines is 1. The third-order valence-corrected chi connectivity index (χ3v) is 3.67. The molecule has 0 saturated carbocycles. The van der Waals surface area contributed by atoms with Gasteiger partial charge in [0.2, 0.25) is 0 Å². The predicted octanol–water partition coefficient (Wildman–Crippen LogP) is 2.59. The van der Waals surface area contributed by atoms with Gasteiger partial charge in [-0.1, -0.05) is 0 Å². The lowest BCUT2D eigenvalue weighted by atomic mass is 9.98. The number of benzene rings is 1. The van der Waals surface area contributed by atoms with Crippen LogP contribution in [-0.4, -0.2) is 30.6 Å². The van der Waals surface area contributed by atoms with Gasteiger partial charge >= 0.3 is 0 Å². The van der Waals surface area contributed by atoms with E-state index in [2.05, 4.69) is 24.2 Å². The van der Waals surface area contributed by atoms with Crippen LogP contribution in [0.1, 0.15) is 25.3 Å². The van der Waals surface area contributed by atoms with Crippen LogP contribution in [0.15, 0.2) is 18.2 Å². The summed E-state index contributed by atoms with van der Waals surface area (Å²) in [5.41, 5.74) is 1.11. The molecule has 1 aliphatic rings. The third-order valence-electron chi connectivity index (χ3n) is 3.67. The van der Waals surface area contributed by atoms with Crippen molar-refractivity contribution in [2.24, 2.45) is 0 Å². The maximum absolute atomic E-state index is 13.0. The summed E-state index contributed by atoms with van der Waals surface area (Å²) in [6, 6.07) is 7.24. The molecule has 96 valence electrons. The molecule has 2 unspecified atom stereocenters. The minimum absolute atomic E-state index is 0.355. The van der Waals surface area contributed by atoms with Crippen molar-refractivity contribution in [2.45, 2.75) is 31.8 Å². The molecule has 0 bridgehead atoms. The van der Waals surface area contributed by atoms with Crippen molar-refractivity contribution in [3.05, 3.63) is 29.6 Å². The van der Waals surface area contributed by atoms with Crippen LogP contribution in [0.3, 0.4) is 0 Å². The Kier molecular flexibility index (Phi) is 3.83. The van der Waals surface area contributed by atoms with Gasteiger partial charge in [-0.15, -0.1) is 0 Å². The first-order valence-electron chi connectivity index (χ1n) is 6.26. The van der Waals surface area contributed by atoms with E-state index in [0.717, 1.165) is 25.1 Å². The van der Waals surface area contributed by atoms with Gasteiger partial charge in [0.25, 0.3) is 0 Å². The van der Waals surface area contributed by atoms with E-state index in [0.29, 0.717) is 17.6 Å². The molecule has 4 heteroatoms. The number of nitrogens with zero attached hydrogens (tertiary/aromatic N) is 2. The van der Waals surface area contributed by atoms with Gasteiger partial charge in [0.15, 0.2) is 0 Å². The first kappa shape index (κ1) is 12.8. The lowest BCUT2D eigenvalue weighted by Gasteiger charge is -2.35. The standard InChI is InChI=1S/C14H18FN3/c1-10-7-13(5-6-18(10)2)17-14-4-3-12(15)8-11(14)9-16/h3-4,8,10,13,17H,5-7H2,1-2H3. The molecule has 0 spiro atoms. The van der Waals surface area contributed by atoms with Crippen LogP contribution < -0.4 is 5.32 Å². The van der Waals surface area contributed by atoms with Crippen molar-refractivity contribution < 1.29 is 4.39 Å². The molecule has 2 atom stereocenters. The fraction of sp³-hybridized carbons (Fsp3) is 0.500. The lowest BCUT2D eigenvalue weighted by molar-refractivity contribution is 0.190. The van der Waals surface area contributed by atoms with Crippen molar-refractivity contribution in [3.63, 3.8) is 0 Å². The summed E-state index contributed by atoms with van der Waals surface area (Å²) in [5.74, 6) is -0.367. The van der Waals surface area contributed by atoms with E-state index in [-0.39, 0.29) is 5.82 Å². The monoisotopic (exact) mass is 247 g/mol. The summed E-state index contributed by atoms with van der Waals surface area (Å²) >= 11 is 0. The van der Waals surface area contributed by atoms with Gasteiger partial charge in [-0.3, -0.25) is 0 Å². The molecular formula is C14H18FN3. The Morgan fingerprint density at radius 3 is 2.94 bits per heavy atom. The average Bonchev–Trinajstić information content (AvgIpc) is 2.36. The number of rotatable bonds is 2. The van der Waals surface area contributed by atoms with E-state index >= 15 is 0 Å². The molecule has 1 N–H and O–H groups in total. The SMILES string of the molecule is CC1CC(Nc2ccc(F)cc2C#N)CCN1C. The first-order valence-corrected chi connectivity index (χ1v) is 6.26. The molecule has 0 amide bonds. The van der Waals surface area contributed by atoms with Gasteiger partial charge in [0, 0.05) is 18.6 Å². The van der Waals surface area contributed by atoms with Crippen molar-refractivity contribution in [3.8, 4) is 6.07 Å². The molecule has 1 fully saturated rings. The molecule has 1 aliphatic heterocycles. The smallest absolute Gasteiger partial charge is 0.124 e. The molecule has 1 aromatic rings. The van der Waals surface area contributed by atoms with Crippen molar-refractivity contribution in [2.75, 3.05) is 18.9 Å². The molecule has 2 rings (SSSR count). The Hall–Kier alpha value is -1.60. The lowest BCUT2D eigenvalue weighted by Crippen LogP contribution is -2.42. The van der Waals surface area contributed by atoms with E-state index in [1.807, 2.05) is 6.07 Å². The summed E-state index contributed by atoms with van der Waals surface area (Å²) in [6.45, 7) is 3.24. The fourth-order valence-electron chi connectivity index (χ4n) is 2.38. The van der Waals surface area contributed by atoms with Gasteiger partial charge in [0.05, 0.1) is 11.3 Å². The van der Waals surface area contributed by atoms with Gasteiger partial charge in [-0.2, -0.15) is 5.26 Å². The summed E-state index contributed by atoms with van der Waals surface area (Å²) in [7, 11) is 2.12. The normalized spacial score (nSPS) is 24.6. The van der Waals surface area contributed by atoms with Crippen LogP contribution >= 0.6 is 0 Å². The zero-order valence-electron chi connectivity index (χ0n) is 10.8. The Morgan fingerprint density at radius 2 is 2.28 bits per heavy atom. The second-order valence-corrected chi connectivity index (χ2v) is 5.00. The zero-order valence-corrected chi connectivity index (χ0v) is 10.8. The maximum Gasteiger partial charge on any atom is 0.124 e. The van der Waals surface area contributed by atoms with E-state index in [9.17, 15) is 4.39 Å². The maximum atomic E-state index is 13.0. The number of nitrogens with one attached hydrogen (secondary N) is 1. The topological polar surface area (TPSA) is 39.1 Å². The van der Waals surface area contributed by atoms with Gasteiger partial charge in [-0.05, 0) is 45.0 Å². The number of hydrogen-bond donors (Lipinski definition) is 1. The van der Waals surface area contributed by atoms with E-state index in [4.69, 9.17) is 5.26 Å². The second kappa shape index (κ2) is 5.36. The first-order chi connectivity index (χ1) is 8.60. The Morgan fingerprint density at radius 1 is 1.50 bits per heavy atom. The van der Waals surface area contributed by atoms with E-state index < -0.39 is 0 Å². The molecule has 0 aliphatic carbocycles. The van der Waals surface area contributed by atoms with Crippen LogP contribution in [-0.2, 0) is 0 Å². The van der Waals surface area contributed by atoms with Crippen LogP contribution in [0.4, 0.5) is 10.1 Å². The summed E-state index contributed by atoms with van der Waals surface area (Å²) in [4.78, 5) is 2.33. The highest BCUT2D eigenvalue weighted by molar-refractivity contribution is 5.57. The van der Waals surface area contributed by atoms with Gasteiger partial charge in [-0.25, -0.2) is 4.39 Å². The zero-order chi connectivity index (χ0) is 13.1. The highest BCUT2D eigenvalue weighted by Gasteiger charge is 2.23. The highest BCUT2D eigenvalue weighted by Crippen LogP contribution is 2.22. The molecule has 1 saturated heterocycles. The number of nitriles is 1. The highest BCUT2D eigenvalue weighted by atomic mass is 19.1. The van der Waals surface area contributed by atoms with Gasteiger partial charge in [0.1, 0.15) is 11.9 Å². The molecule has 3 nitrogen and oxygen atoms in total. The Labute approximate surface area is 107 Å². The van der Waals surface area contributed by atoms with Crippen LogP contribution in [0.25, 0.3) is 0 Å². The van der Waals surface area contributed by atoms with Crippen LogP contribution in [0.2, 0.25) is 0 Å². The number of piperidine rings is 1. The Balaban J connectivity index is 2.08. The number of halogens is 1. The van der Waals surface area contributed by atoms with Gasteiger partial charge < -0.3 is 10.2 Å². The third kappa shape index (κ3) is 2.80. The molecule has 1 aromatic carbocycles. The van der Waals surface area contributed by atoms with E-state index in [1.54, 1.807) is 6.07 Å². The molecule has 18 heavy (non-hydrogen) atoms. The predicted molar refractivity (Wildman–Crippen MR) is 69.9 cm³/mol. The van der Waals surface area contributed by atoms with Crippen molar-refractivity contribution in [1.29, 1.82) is 5.26 Å². The minimum atomic E-state index is -0.367. The van der Waals surface area contributed by atoms with E-state index in [1.165, 1.54) is 12.1 Å². The molecule has 0 radical (unpaired) electrons. The largest absolute Gasteiger partial charge is 0.381 e. The summed E-state index contributed by atoms with van der Waals surface area (Å²) < 4.78 is 13.0. The second-order valence-electron chi connectivity index (χ2n) is 5.00. The molecular weight excluding hydrogens is 229 g/mol. The fourth-order valence-corrected chi connectivity index (χ4v) is 2.38. The van der Waals surface area contributed by atoms with Crippen molar-refractivity contribution in [1.82, 2.24) is 4.90 Å². The molecule has 1 heterocycles. The summed E-state index contributed by atoms with van der Waals surface area (Å²) in [5, 5.41) is 12.4. The summed E-state index contributed by atoms with van der Waals surface area (Å²) in [6.07, 6.45) is 2.09. The quantitative estimate of drug-likeness (QED) is 0.873. The number of hydrogen-bond acceptors (Lipinski definition) is 3. The minimum Gasteiger partial charge on any atom is -0.381 e. The molecule has 0 aromatic heterocycles. The van der Waals surface area contributed by atoms with Crippen molar-refractivity contribution >= 4 is 5.69 Å². The number of likely N-dealkylation sites (tertiary alicyclic amines) is 1. The average molecular weight is 247 g/mol. The Bertz CT molecular complexity index is 467.